The maximum atomic E-state index is 6.51. The average molecular weight is 729 g/mol. The maximum Gasteiger partial charge on any atom is 0.112 e. The summed E-state index contributed by atoms with van der Waals surface area (Å²) in [5, 5.41) is 8.91. The molecule has 0 radical (unpaired) electrons. The summed E-state index contributed by atoms with van der Waals surface area (Å²) in [5.74, 6) is 5.71. The molecule has 1 saturated heterocycles. The van der Waals surface area contributed by atoms with E-state index in [1.54, 1.807) is 27.9 Å². The van der Waals surface area contributed by atoms with E-state index >= 15 is 0 Å². The Kier molecular flexibility index (Phi) is 8.84. The molecule has 55 heavy (non-hydrogen) atoms. The van der Waals surface area contributed by atoms with Crippen LogP contribution in [0, 0.1) is 29.6 Å². The largest absolute Gasteiger partial charge is 0.465 e. The summed E-state index contributed by atoms with van der Waals surface area (Å²) in [6.45, 7) is 0. The fourth-order valence-corrected chi connectivity index (χ4v) is 13.4. The standard InChI is InChI=1S/C52H60N2O/c1-4-15-36(16-5-1)37-29-27-35(28-30-37)34-51(40-31-32-48-44(33-40)41-21-11-13-26-47(41)55-48)53-50(54-51)43-23-14-25-46-49(43)42-22-10-12-24-45(42)52(46,38-17-6-2-7-18-38)39-19-8-3-9-20-39/h2,4,6-8,10-11,15,17-22,27,33,36-37,43,46,49-50,53-54H,1,3,5,9,12-14,16,23-26,28-32,34H2. The van der Waals surface area contributed by atoms with E-state index < -0.39 is 0 Å². The summed E-state index contributed by atoms with van der Waals surface area (Å²) in [6.07, 6.45) is 49.6. The molecule has 6 atom stereocenters. The lowest BCUT2D eigenvalue weighted by Gasteiger charge is -2.58. The Balaban J connectivity index is 0.941. The summed E-state index contributed by atoms with van der Waals surface area (Å²) in [5.41, 5.74) is 12.2. The van der Waals surface area contributed by atoms with Crippen LogP contribution in [-0.4, -0.2) is 11.8 Å². The van der Waals surface area contributed by atoms with Crippen LogP contribution in [-0.2, 0) is 18.3 Å². The van der Waals surface area contributed by atoms with Gasteiger partial charge in [-0.05, 0) is 148 Å². The van der Waals surface area contributed by atoms with Crippen LogP contribution < -0.4 is 10.6 Å². The summed E-state index contributed by atoms with van der Waals surface area (Å²) in [6, 6.07) is 11.7. The van der Waals surface area contributed by atoms with E-state index in [4.69, 9.17) is 4.42 Å². The van der Waals surface area contributed by atoms with Gasteiger partial charge in [0.2, 0.25) is 0 Å². The lowest BCUT2D eigenvalue weighted by Crippen LogP contribution is -2.80. The van der Waals surface area contributed by atoms with Crippen molar-refractivity contribution in [2.75, 3.05) is 0 Å². The smallest absolute Gasteiger partial charge is 0.112 e. The van der Waals surface area contributed by atoms with E-state index in [1.807, 2.05) is 0 Å². The molecule has 6 unspecified atom stereocenters. The summed E-state index contributed by atoms with van der Waals surface area (Å²) in [7, 11) is 0. The number of allylic oxidation sites excluding steroid dienone is 12. The Morgan fingerprint density at radius 1 is 0.709 bits per heavy atom. The third kappa shape index (κ3) is 5.65. The van der Waals surface area contributed by atoms with E-state index in [9.17, 15) is 0 Å². The molecule has 2 N–H and O–H groups in total. The molecule has 2 heterocycles. The molecular formula is C52H60N2O. The normalized spacial score (nSPS) is 36.3. The molecule has 2 aromatic rings. The fourth-order valence-electron chi connectivity index (χ4n) is 13.4. The fraction of sp³-hybridized carbons (Fsp3) is 0.500. The molecule has 1 aliphatic heterocycles. The minimum absolute atomic E-state index is 0.0182. The summed E-state index contributed by atoms with van der Waals surface area (Å²) < 4.78 is 6.51. The highest BCUT2D eigenvalue weighted by Gasteiger charge is 2.61. The second-order valence-corrected chi connectivity index (χ2v) is 18.6. The Labute approximate surface area is 329 Å². The quantitative estimate of drug-likeness (QED) is 0.279. The zero-order chi connectivity index (χ0) is 36.4. The number of hydrogen-bond donors (Lipinski definition) is 2. The average Bonchev–Trinajstić information content (AvgIpc) is 3.77. The van der Waals surface area contributed by atoms with Crippen LogP contribution in [0.3, 0.4) is 0 Å². The maximum absolute atomic E-state index is 6.51. The molecule has 1 saturated carbocycles. The van der Waals surface area contributed by atoms with Crippen molar-refractivity contribution in [1.29, 1.82) is 0 Å². The van der Waals surface area contributed by atoms with Crippen LogP contribution in [0.1, 0.15) is 131 Å². The van der Waals surface area contributed by atoms with Crippen molar-refractivity contribution >= 4 is 12.2 Å². The van der Waals surface area contributed by atoms with Crippen LogP contribution in [0.15, 0.2) is 117 Å². The first-order valence-corrected chi connectivity index (χ1v) is 22.5. The van der Waals surface area contributed by atoms with Crippen molar-refractivity contribution in [3.05, 3.63) is 141 Å². The van der Waals surface area contributed by atoms with Crippen molar-refractivity contribution in [3.8, 4) is 0 Å². The number of hydrogen-bond acceptors (Lipinski definition) is 3. The van der Waals surface area contributed by atoms with Crippen LogP contribution in [0.25, 0.3) is 12.2 Å². The first kappa shape index (κ1) is 34.6. The molecule has 2 fully saturated rings. The van der Waals surface area contributed by atoms with E-state index in [1.165, 1.54) is 98.8 Å². The van der Waals surface area contributed by atoms with Gasteiger partial charge in [-0.1, -0.05) is 109 Å². The number of aryl methyl sites for hydroxylation is 2. The zero-order valence-corrected chi connectivity index (χ0v) is 32.8. The second kappa shape index (κ2) is 14.1. The Morgan fingerprint density at radius 2 is 1.58 bits per heavy atom. The highest BCUT2D eigenvalue weighted by molar-refractivity contribution is 5.73. The number of benzene rings is 1. The van der Waals surface area contributed by atoms with E-state index in [2.05, 4.69) is 108 Å². The highest BCUT2D eigenvalue weighted by Crippen LogP contribution is 2.65. The molecule has 1 aromatic carbocycles. The third-order valence-corrected chi connectivity index (χ3v) is 15.8. The molecule has 3 heteroatoms. The minimum Gasteiger partial charge on any atom is -0.465 e. The van der Waals surface area contributed by atoms with Gasteiger partial charge in [-0.15, -0.1) is 0 Å². The Hall–Kier alpha value is -3.66. The SMILES string of the molecule is C1=CC(C2(c3ccccc3)C3=C(C=CCC3)C3C(C4NC(CC5=CCC(C6C=CCCC6)CC5)(C5=Cc6c(oc7c6C=CCC7)CC5)N4)CCCC32)=CCC1. The molecule has 3 nitrogen and oxygen atoms in total. The zero-order valence-electron chi connectivity index (χ0n) is 32.8. The second-order valence-electron chi connectivity index (χ2n) is 18.6. The predicted octanol–water partition coefficient (Wildman–Crippen LogP) is 12.2. The van der Waals surface area contributed by atoms with Gasteiger partial charge in [-0.2, -0.15) is 0 Å². The Bertz CT molecular complexity index is 2070. The van der Waals surface area contributed by atoms with Gasteiger partial charge in [0.1, 0.15) is 11.5 Å². The highest BCUT2D eigenvalue weighted by atomic mass is 16.3. The van der Waals surface area contributed by atoms with Crippen LogP contribution >= 0.6 is 0 Å². The van der Waals surface area contributed by atoms with Gasteiger partial charge in [-0.3, -0.25) is 10.6 Å². The molecule has 0 spiro atoms. The van der Waals surface area contributed by atoms with Gasteiger partial charge in [0.25, 0.3) is 0 Å². The number of furan rings is 1. The third-order valence-electron chi connectivity index (χ3n) is 15.8. The van der Waals surface area contributed by atoms with E-state index in [0.717, 1.165) is 56.8 Å². The van der Waals surface area contributed by atoms with Crippen molar-refractivity contribution in [1.82, 2.24) is 10.6 Å². The molecule has 1 aromatic heterocycles. The molecular weight excluding hydrogens is 669 g/mol. The number of rotatable bonds is 7. The molecule has 284 valence electrons. The first-order chi connectivity index (χ1) is 27.2. The van der Waals surface area contributed by atoms with Crippen molar-refractivity contribution < 1.29 is 4.42 Å². The molecule has 0 bridgehead atoms. The lowest BCUT2D eigenvalue weighted by atomic mass is 9.56. The van der Waals surface area contributed by atoms with Crippen LogP contribution in [0.5, 0.6) is 0 Å². The van der Waals surface area contributed by atoms with Crippen LogP contribution in [0.2, 0.25) is 0 Å². The predicted molar refractivity (Wildman–Crippen MR) is 226 cm³/mol. The van der Waals surface area contributed by atoms with Crippen molar-refractivity contribution in [2.24, 2.45) is 29.6 Å². The molecule has 11 rings (SSSR count). The van der Waals surface area contributed by atoms with Crippen LogP contribution in [0.4, 0.5) is 0 Å². The minimum atomic E-state index is -0.190. The lowest BCUT2D eigenvalue weighted by molar-refractivity contribution is 0.0131. The van der Waals surface area contributed by atoms with Crippen molar-refractivity contribution in [3.63, 3.8) is 0 Å². The first-order valence-electron chi connectivity index (χ1n) is 22.5. The molecule has 8 aliphatic carbocycles. The number of fused-ring (bicyclic) bond motifs is 5. The van der Waals surface area contributed by atoms with Gasteiger partial charge in [0, 0.05) is 35.8 Å². The van der Waals surface area contributed by atoms with Gasteiger partial charge >= 0.3 is 0 Å². The molecule has 9 aliphatic rings. The summed E-state index contributed by atoms with van der Waals surface area (Å²) in [4.78, 5) is 0. The van der Waals surface area contributed by atoms with E-state index in [0.29, 0.717) is 23.9 Å². The Morgan fingerprint density at radius 3 is 2.42 bits per heavy atom. The van der Waals surface area contributed by atoms with Gasteiger partial charge in [0.05, 0.1) is 11.8 Å². The van der Waals surface area contributed by atoms with Gasteiger partial charge in [-0.25, -0.2) is 0 Å². The molecule has 0 amide bonds. The number of nitrogens with one attached hydrogen (secondary N) is 2. The van der Waals surface area contributed by atoms with E-state index in [-0.39, 0.29) is 11.1 Å². The van der Waals surface area contributed by atoms with Crippen molar-refractivity contribution in [2.45, 2.75) is 133 Å². The summed E-state index contributed by atoms with van der Waals surface area (Å²) >= 11 is 0. The van der Waals surface area contributed by atoms with Gasteiger partial charge < -0.3 is 4.42 Å². The van der Waals surface area contributed by atoms with Gasteiger partial charge in [0.15, 0.2) is 0 Å². The monoisotopic (exact) mass is 728 g/mol. The topological polar surface area (TPSA) is 37.2 Å².